The lowest BCUT2D eigenvalue weighted by Gasteiger charge is -2.33. The van der Waals surface area contributed by atoms with Crippen molar-refractivity contribution >= 4 is 35.2 Å². The predicted octanol–water partition coefficient (Wildman–Crippen LogP) is 0.711. The van der Waals surface area contributed by atoms with E-state index in [2.05, 4.69) is 15.4 Å². The summed E-state index contributed by atoms with van der Waals surface area (Å²) in [4.78, 5) is 38.5. The van der Waals surface area contributed by atoms with Gasteiger partial charge in [0.1, 0.15) is 6.04 Å². The quantitative estimate of drug-likeness (QED) is 0.580. The summed E-state index contributed by atoms with van der Waals surface area (Å²) in [6.07, 6.45) is 1.86. The van der Waals surface area contributed by atoms with Gasteiger partial charge in [0.2, 0.25) is 11.8 Å². The Hall–Kier alpha value is -2.06. The molecule has 1 atom stereocenters. The first-order chi connectivity index (χ1) is 11.5. The summed E-state index contributed by atoms with van der Waals surface area (Å²) in [5.41, 5.74) is 0.737. The SMILES string of the molecule is COC(=O)C[C@H]1C(=O)NCCN1CC(=O)Nc1ccccc1SC. The zero-order valence-corrected chi connectivity index (χ0v) is 14.5. The van der Waals surface area contributed by atoms with Crippen LogP contribution in [0, 0.1) is 0 Å². The Morgan fingerprint density at radius 3 is 2.88 bits per heavy atom. The lowest BCUT2D eigenvalue weighted by Crippen LogP contribution is -2.57. The Bertz CT molecular complexity index is 623. The lowest BCUT2D eigenvalue weighted by molar-refractivity contribution is -0.146. The molecule has 0 aromatic heterocycles. The molecule has 24 heavy (non-hydrogen) atoms. The zero-order chi connectivity index (χ0) is 17.5. The summed E-state index contributed by atoms with van der Waals surface area (Å²) >= 11 is 1.54. The Morgan fingerprint density at radius 2 is 2.17 bits per heavy atom. The molecular formula is C16H21N3O4S. The van der Waals surface area contributed by atoms with Crippen molar-refractivity contribution in [3.8, 4) is 0 Å². The second kappa shape index (κ2) is 8.70. The van der Waals surface area contributed by atoms with E-state index in [9.17, 15) is 14.4 Å². The molecule has 0 bridgehead atoms. The van der Waals surface area contributed by atoms with E-state index in [-0.39, 0.29) is 24.8 Å². The molecule has 0 radical (unpaired) electrons. The van der Waals surface area contributed by atoms with Crippen LogP contribution in [0.15, 0.2) is 29.2 Å². The molecule has 2 N–H and O–H groups in total. The molecular weight excluding hydrogens is 330 g/mol. The molecule has 1 aromatic carbocycles. The highest BCUT2D eigenvalue weighted by Gasteiger charge is 2.33. The number of anilines is 1. The summed E-state index contributed by atoms with van der Waals surface area (Å²) in [7, 11) is 1.28. The normalized spacial score (nSPS) is 17.9. The van der Waals surface area contributed by atoms with Gasteiger partial charge in [0.05, 0.1) is 25.8 Å². The fraction of sp³-hybridized carbons (Fsp3) is 0.438. The molecule has 2 amide bonds. The van der Waals surface area contributed by atoms with Crippen LogP contribution in [-0.2, 0) is 19.1 Å². The molecule has 130 valence electrons. The number of piperazine rings is 1. The Labute approximate surface area is 145 Å². The summed E-state index contributed by atoms with van der Waals surface area (Å²) in [5.74, 6) is -0.958. The van der Waals surface area contributed by atoms with E-state index < -0.39 is 12.0 Å². The number of nitrogens with one attached hydrogen (secondary N) is 2. The zero-order valence-electron chi connectivity index (χ0n) is 13.7. The number of nitrogens with zero attached hydrogens (tertiary/aromatic N) is 1. The van der Waals surface area contributed by atoms with Gasteiger partial charge in [-0.15, -0.1) is 11.8 Å². The van der Waals surface area contributed by atoms with E-state index in [1.54, 1.807) is 16.7 Å². The molecule has 7 nitrogen and oxygen atoms in total. The molecule has 0 saturated carbocycles. The second-order valence-corrected chi connectivity index (χ2v) is 6.15. The van der Waals surface area contributed by atoms with Crippen LogP contribution in [0.2, 0.25) is 0 Å². The van der Waals surface area contributed by atoms with Crippen LogP contribution in [0.5, 0.6) is 0 Å². The molecule has 1 aliphatic heterocycles. The number of hydrogen-bond donors (Lipinski definition) is 2. The van der Waals surface area contributed by atoms with Crippen molar-refractivity contribution in [2.45, 2.75) is 17.4 Å². The van der Waals surface area contributed by atoms with E-state index in [0.29, 0.717) is 13.1 Å². The number of carbonyl (C=O) groups excluding carboxylic acids is 3. The van der Waals surface area contributed by atoms with E-state index in [1.807, 2.05) is 30.5 Å². The van der Waals surface area contributed by atoms with Crippen LogP contribution in [0.4, 0.5) is 5.69 Å². The third kappa shape index (κ3) is 4.72. The number of benzene rings is 1. The largest absolute Gasteiger partial charge is 0.469 e. The average Bonchev–Trinajstić information content (AvgIpc) is 2.58. The highest BCUT2D eigenvalue weighted by Crippen LogP contribution is 2.24. The Balaban J connectivity index is 2.02. The van der Waals surface area contributed by atoms with Crippen LogP contribution in [0.25, 0.3) is 0 Å². The van der Waals surface area contributed by atoms with E-state index in [0.717, 1.165) is 10.6 Å². The standard InChI is InChI=1S/C16H21N3O4S/c1-23-15(21)9-12-16(22)17-7-8-19(12)10-14(20)18-11-5-3-4-6-13(11)24-2/h3-6,12H,7-10H2,1-2H3,(H,17,22)(H,18,20)/t12-/m0/s1. The fourth-order valence-corrected chi connectivity index (χ4v) is 3.09. The Kier molecular flexibility index (Phi) is 6.62. The van der Waals surface area contributed by atoms with Crippen LogP contribution in [0.3, 0.4) is 0 Å². The third-order valence-electron chi connectivity index (χ3n) is 3.76. The molecule has 1 heterocycles. The molecule has 0 spiro atoms. The number of esters is 1. The van der Waals surface area contributed by atoms with Crippen molar-refractivity contribution in [1.82, 2.24) is 10.2 Å². The molecule has 0 aliphatic carbocycles. The van der Waals surface area contributed by atoms with E-state index in [1.165, 1.54) is 7.11 Å². The lowest BCUT2D eigenvalue weighted by atomic mass is 10.1. The molecule has 1 aliphatic rings. The maximum atomic E-state index is 12.3. The van der Waals surface area contributed by atoms with Crippen molar-refractivity contribution < 1.29 is 19.1 Å². The highest BCUT2D eigenvalue weighted by molar-refractivity contribution is 7.98. The number of rotatable bonds is 6. The van der Waals surface area contributed by atoms with Crippen LogP contribution in [0.1, 0.15) is 6.42 Å². The van der Waals surface area contributed by atoms with Gasteiger partial charge in [0.25, 0.3) is 0 Å². The van der Waals surface area contributed by atoms with Gasteiger partial charge >= 0.3 is 5.97 Å². The minimum Gasteiger partial charge on any atom is -0.469 e. The monoisotopic (exact) mass is 351 g/mol. The third-order valence-corrected chi connectivity index (χ3v) is 4.55. The van der Waals surface area contributed by atoms with Gasteiger partial charge < -0.3 is 15.4 Å². The molecule has 0 unspecified atom stereocenters. The topological polar surface area (TPSA) is 87.7 Å². The smallest absolute Gasteiger partial charge is 0.307 e. The predicted molar refractivity (Wildman–Crippen MR) is 91.9 cm³/mol. The highest BCUT2D eigenvalue weighted by atomic mass is 32.2. The minimum atomic E-state index is -0.687. The second-order valence-electron chi connectivity index (χ2n) is 5.31. The van der Waals surface area contributed by atoms with Crippen molar-refractivity contribution in [2.75, 3.05) is 38.3 Å². The number of methoxy groups -OCH3 is 1. The maximum Gasteiger partial charge on any atom is 0.307 e. The summed E-state index contributed by atoms with van der Waals surface area (Å²) < 4.78 is 4.63. The van der Waals surface area contributed by atoms with Gasteiger partial charge in [-0.25, -0.2) is 0 Å². The van der Waals surface area contributed by atoms with Crippen LogP contribution in [-0.4, -0.2) is 61.7 Å². The van der Waals surface area contributed by atoms with Gasteiger partial charge in [-0.3, -0.25) is 19.3 Å². The first-order valence-corrected chi connectivity index (χ1v) is 8.79. The molecule has 1 aromatic rings. The van der Waals surface area contributed by atoms with Crippen LogP contribution >= 0.6 is 11.8 Å². The van der Waals surface area contributed by atoms with Crippen LogP contribution < -0.4 is 10.6 Å². The number of para-hydroxylation sites is 1. The molecule has 2 rings (SSSR count). The van der Waals surface area contributed by atoms with Gasteiger partial charge in [-0.2, -0.15) is 0 Å². The number of carbonyl (C=O) groups is 3. The average molecular weight is 351 g/mol. The number of ether oxygens (including phenoxy) is 1. The van der Waals surface area contributed by atoms with Crippen molar-refractivity contribution in [1.29, 1.82) is 0 Å². The number of hydrogen-bond acceptors (Lipinski definition) is 6. The fourth-order valence-electron chi connectivity index (χ4n) is 2.54. The van der Waals surface area contributed by atoms with Gasteiger partial charge in [0, 0.05) is 18.0 Å². The molecule has 1 saturated heterocycles. The van der Waals surface area contributed by atoms with Crippen molar-refractivity contribution in [2.24, 2.45) is 0 Å². The van der Waals surface area contributed by atoms with Gasteiger partial charge in [-0.1, -0.05) is 12.1 Å². The summed E-state index contributed by atoms with van der Waals surface area (Å²) in [5, 5.41) is 5.57. The maximum absolute atomic E-state index is 12.3. The van der Waals surface area contributed by atoms with E-state index >= 15 is 0 Å². The first-order valence-electron chi connectivity index (χ1n) is 7.56. The van der Waals surface area contributed by atoms with Gasteiger partial charge in [-0.05, 0) is 18.4 Å². The molecule has 8 heteroatoms. The van der Waals surface area contributed by atoms with E-state index in [4.69, 9.17) is 0 Å². The van der Waals surface area contributed by atoms with Crippen molar-refractivity contribution in [3.63, 3.8) is 0 Å². The number of amides is 2. The first kappa shape index (κ1) is 18.3. The Morgan fingerprint density at radius 1 is 1.42 bits per heavy atom. The summed E-state index contributed by atoms with van der Waals surface area (Å²) in [6, 6.07) is 6.83. The van der Waals surface area contributed by atoms with Crippen molar-refractivity contribution in [3.05, 3.63) is 24.3 Å². The minimum absolute atomic E-state index is 0.0395. The molecule has 1 fully saturated rings. The summed E-state index contributed by atoms with van der Waals surface area (Å²) in [6.45, 7) is 0.994. The number of thioether (sulfide) groups is 1. The van der Waals surface area contributed by atoms with Gasteiger partial charge in [0.15, 0.2) is 0 Å².